The van der Waals surface area contributed by atoms with Crippen molar-refractivity contribution in [2.24, 2.45) is 11.8 Å². The Labute approximate surface area is 198 Å². The van der Waals surface area contributed by atoms with Gasteiger partial charge < -0.3 is 19.9 Å². The molecule has 0 fully saturated rings. The molecule has 3 atom stereocenters. The summed E-state index contributed by atoms with van der Waals surface area (Å²) in [6.07, 6.45) is 0. The number of anilines is 2. The monoisotopic (exact) mass is 518 g/mol. The van der Waals surface area contributed by atoms with Crippen LogP contribution >= 0.6 is 18.5 Å². The van der Waals surface area contributed by atoms with Crippen molar-refractivity contribution >= 4 is 45.8 Å². The second-order valence-corrected chi connectivity index (χ2v) is 11.4. The molecule has 182 valence electrons. The van der Waals surface area contributed by atoms with Crippen LogP contribution in [0.25, 0.3) is 0 Å². The Hall–Kier alpha value is -1.99. The van der Waals surface area contributed by atoms with Gasteiger partial charge in [-0.25, -0.2) is 8.42 Å². The first-order chi connectivity index (χ1) is 15.4. The predicted molar refractivity (Wildman–Crippen MR) is 133 cm³/mol. The van der Waals surface area contributed by atoms with Gasteiger partial charge in [0.05, 0.1) is 24.8 Å². The molecule has 33 heavy (non-hydrogen) atoms. The maximum atomic E-state index is 13.7. The van der Waals surface area contributed by atoms with Crippen molar-refractivity contribution in [3.05, 3.63) is 42.5 Å². The molecule has 0 heterocycles. The van der Waals surface area contributed by atoms with Crippen LogP contribution in [0, 0.1) is 11.8 Å². The minimum Gasteiger partial charge on any atom is -0.492 e. The third kappa shape index (κ3) is 8.07. The van der Waals surface area contributed by atoms with Gasteiger partial charge in [0, 0.05) is 17.8 Å². The summed E-state index contributed by atoms with van der Waals surface area (Å²) >= 11 is 0. The van der Waals surface area contributed by atoms with Crippen LogP contribution < -0.4 is 19.5 Å². The molecule has 0 aliphatic carbocycles. The van der Waals surface area contributed by atoms with Crippen molar-refractivity contribution in [2.75, 3.05) is 23.3 Å². The number of carbonyl (C=O) groups excluding carboxylic acids is 1. The molecule has 12 heteroatoms. The van der Waals surface area contributed by atoms with Crippen molar-refractivity contribution in [2.45, 2.75) is 31.0 Å². The van der Waals surface area contributed by atoms with Crippen LogP contribution in [-0.2, 0) is 14.8 Å². The number of nitrogens with one attached hydrogen (secondary N) is 2. The van der Waals surface area contributed by atoms with Crippen molar-refractivity contribution in [3.63, 3.8) is 0 Å². The van der Waals surface area contributed by atoms with Crippen LogP contribution in [-0.4, -0.2) is 38.0 Å². The molecule has 0 aliphatic rings. The Kier molecular flexibility index (Phi) is 9.44. The van der Waals surface area contributed by atoms with Gasteiger partial charge in [0.25, 0.3) is 15.4 Å². The molecule has 2 rings (SSSR count). The molecule has 2 aromatic rings. The topological polar surface area (TPSA) is 114 Å². The second-order valence-electron chi connectivity index (χ2n) is 7.55. The molecule has 0 aliphatic heterocycles. The molecule has 0 saturated heterocycles. The molecular formula is C21H29FN2O6P2S. The number of aliphatic hydroxyl groups excluding tert-OH is 1. The Morgan fingerprint density at radius 3 is 2.45 bits per heavy atom. The molecule has 0 bridgehead atoms. The zero-order chi connectivity index (χ0) is 24.8. The number of rotatable bonds is 11. The Morgan fingerprint density at radius 1 is 1.18 bits per heavy atom. The number of benzene rings is 2. The number of aliphatic hydroxyl groups is 1. The summed E-state index contributed by atoms with van der Waals surface area (Å²) in [4.78, 5) is 12.3. The van der Waals surface area contributed by atoms with Crippen LogP contribution in [0.3, 0.4) is 0 Å². The summed E-state index contributed by atoms with van der Waals surface area (Å²) < 4.78 is 52.8. The molecule has 3 N–H and O–H groups in total. The van der Waals surface area contributed by atoms with E-state index in [2.05, 4.69) is 10.0 Å². The average molecular weight is 518 g/mol. The van der Waals surface area contributed by atoms with Gasteiger partial charge >= 0.3 is 0 Å². The summed E-state index contributed by atoms with van der Waals surface area (Å²) in [6.45, 7) is 5.22. The van der Waals surface area contributed by atoms with E-state index in [1.165, 1.54) is 42.5 Å². The number of halogens is 1. The van der Waals surface area contributed by atoms with Crippen molar-refractivity contribution in [1.82, 2.24) is 0 Å². The summed E-state index contributed by atoms with van der Waals surface area (Å²) in [6, 6.07) is 9.99. The van der Waals surface area contributed by atoms with Gasteiger partial charge in [-0.15, -0.1) is 0 Å². The van der Waals surface area contributed by atoms with E-state index in [-0.39, 0.29) is 47.1 Å². The number of alkyl halides is 1. The first-order valence-electron chi connectivity index (χ1n) is 10.1. The fourth-order valence-corrected chi connectivity index (χ4v) is 4.37. The molecule has 2 aromatic carbocycles. The number of hydrogen-bond acceptors (Lipinski definition) is 6. The quantitative estimate of drug-likeness (QED) is 0.390. The Balaban J connectivity index is 2.31. The Morgan fingerprint density at radius 2 is 1.88 bits per heavy atom. The first-order valence-corrected chi connectivity index (χ1v) is 12.8. The fraction of sp³-hybridized carbons (Fsp3) is 0.381. The third-order valence-corrected chi connectivity index (χ3v) is 6.16. The van der Waals surface area contributed by atoms with Gasteiger partial charge in [0.2, 0.25) is 5.91 Å². The van der Waals surface area contributed by atoms with E-state index in [0.29, 0.717) is 5.69 Å². The third-order valence-electron chi connectivity index (χ3n) is 4.50. The number of ether oxygens (including phenoxy) is 2. The van der Waals surface area contributed by atoms with E-state index >= 15 is 0 Å². The highest BCUT2D eigenvalue weighted by atomic mass is 32.2. The largest absolute Gasteiger partial charge is 0.492 e. The fourth-order valence-electron chi connectivity index (χ4n) is 2.92. The van der Waals surface area contributed by atoms with Gasteiger partial charge in [0.15, 0.2) is 0 Å². The highest BCUT2D eigenvalue weighted by Crippen LogP contribution is 2.34. The SMILES string of the molecule is CCOc1cc(NC(=O)C(CO)C(C)C)ccc1S(=O)(=O)Nc1cccc(OC(F)(P)P)c1. The lowest BCUT2D eigenvalue weighted by Crippen LogP contribution is -2.29. The maximum Gasteiger partial charge on any atom is 0.270 e. The Bertz CT molecular complexity index is 1080. The molecular weight excluding hydrogens is 489 g/mol. The van der Waals surface area contributed by atoms with E-state index in [9.17, 15) is 22.7 Å². The van der Waals surface area contributed by atoms with Crippen molar-refractivity contribution < 1.29 is 32.2 Å². The van der Waals surface area contributed by atoms with Crippen LogP contribution in [0.5, 0.6) is 11.5 Å². The van der Waals surface area contributed by atoms with Crippen LogP contribution in [0.2, 0.25) is 0 Å². The van der Waals surface area contributed by atoms with Crippen molar-refractivity contribution in [3.8, 4) is 11.5 Å². The lowest BCUT2D eigenvalue weighted by Gasteiger charge is -2.19. The molecule has 0 aromatic heterocycles. The highest BCUT2D eigenvalue weighted by molar-refractivity contribution is 7.92. The van der Waals surface area contributed by atoms with Gasteiger partial charge in [-0.3, -0.25) is 9.52 Å². The normalized spacial score (nSPS) is 12.8. The first kappa shape index (κ1) is 27.3. The minimum absolute atomic E-state index is 0.0398. The molecule has 1 amide bonds. The number of hydrogen-bond donors (Lipinski definition) is 3. The highest BCUT2D eigenvalue weighted by Gasteiger charge is 2.24. The van der Waals surface area contributed by atoms with E-state index in [4.69, 9.17) is 9.47 Å². The standard InChI is InChI=1S/C21H29FN2O6P2S/c1-4-29-18-11-14(23-20(26)17(12-25)13(2)3)8-9-19(18)33(27,28)24-15-6-5-7-16(10-15)30-21(22,31)32/h5-11,13,17,24-25H,4,12,31-32H2,1-3H3,(H,23,26). The minimum atomic E-state index is -4.09. The molecule has 8 nitrogen and oxygen atoms in total. The molecule has 3 unspecified atom stereocenters. The maximum absolute atomic E-state index is 13.7. The summed E-state index contributed by atoms with van der Waals surface area (Å²) in [7, 11) is -0.372. The van der Waals surface area contributed by atoms with Gasteiger partial charge in [0.1, 0.15) is 16.4 Å². The van der Waals surface area contributed by atoms with Crippen LogP contribution in [0.4, 0.5) is 15.8 Å². The summed E-state index contributed by atoms with van der Waals surface area (Å²) in [5, 5.41) is 10.0. The van der Waals surface area contributed by atoms with Crippen LogP contribution in [0.15, 0.2) is 47.4 Å². The average Bonchev–Trinajstić information content (AvgIpc) is 2.67. The van der Waals surface area contributed by atoms with Gasteiger partial charge in [-0.2, -0.15) is 4.39 Å². The summed E-state index contributed by atoms with van der Waals surface area (Å²) in [5.74, 6) is -0.906. The second kappa shape index (κ2) is 11.4. The van der Waals surface area contributed by atoms with Gasteiger partial charge in [-0.05, 0) is 55.6 Å². The van der Waals surface area contributed by atoms with Crippen LogP contribution in [0.1, 0.15) is 20.8 Å². The van der Waals surface area contributed by atoms with Gasteiger partial charge in [-0.1, -0.05) is 19.9 Å². The summed E-state index contributed by atoms with van der Waals surface area (Å²) in [5.41, 5.74) is 0.492. The number of carbonyl (C=O) groups is 1. The zero-order valence-electron chi connectivity index (χ0n) is 18.5. The lowest BCUT2D eigenvalue weighted by atomic mass is 9.96. The molecule has 0 spiro atoms. The molecule has 0 radical (unpaired) electrons. The van der Waals surface area contributed by atoms with Crippen molar-refractivity contribution in [1.29, 1.82) is 0 Å². The van der Waals surface area contributed by atoms with E-state index < -0.39 is 21.3 Å². The number of amides is 1. The van der Waals surface area contributed by atoms with E-state index in [0.717, 1.165) is 0 Å². The van der Waals surface area contributed by atoms with E-state index in [1.54, 1.807) is 6.92 Å². The van der Waals surface area contributed by atoms with E-state index in [1.807, 2.05) is 32.3 Å². The number of sulfonamides is 1. The molecule has 0 saturated carbocycles. The lowest BCUT2D eigenvalue weighted by molar-refractivity contribution is -0.122. The zero-order valence-corrected chi connectivity index (χ0v) is 21.7. The smallest absolute Gasteiger partial charge is 0.270 e. The predicted octanol–water partition coefficient (Wildman–Crippen LogP) is 3.80.